The van der Waals surface area contributed by atoms with Crippen LogP contribution in [0.15, 0.2) is 24.3 Å². The highest BCUT2D eigenvalue weighted by Crippen LogP contribution is 2.11. The van der Waals surface area contributed by atoms with Crippen molar-refractivity contribution >= 4 is 11.9 Å². The first-order valence-corrected chi connectivity index (χ1v) is 7.03. The summed E-state index contributed by atoms with van der Waals surface area (Å²) in [7, 11) is 0. The van der Waals surface area contributed by atoms with Crippen LogP contribution in [0.2, 0.25) is 0 Å². The number of carbonyl (C=O) groups is 2. The quantitative estimate of drug-likeness (QED) is 0.670. The molecule has 0 aromatic heterocycles. The number of ether oxygens (including phenoxy) is 1. The standard InChI is InChI=1S/C15H22N2O4/c1-3-17(4-2)14(18)11-16-9-10-21-13-7-5-12(6-8-13)15(19)20/h5-8,16H,3-4,9-11H2,1-2H3,(H,19,20). The fourth-order valence-electron chi connectivity index (χ4n) is 1.82. The van der Waals surface area contributed by atoms with Gasteiger partial charge < -0.3 is 20.1 Å². The highest BCUT2D eigenvalue weighted by molar-refractivity contribution is 5.87. The van der Waals surface area contributed by atoms with Crippen LogP contribution >= 0.6 is 0 Å². The monoisotopic (exact) mass is 294 g/mol. The van der Waals surface area contributed by atoms with Gasteiger partial charge in [-0.15, -0.1) is 0 Å². The fourth-order valence-corrected chi connectivity index (χ4v) is 1.82. The van der Waals surface area contributed by atoms with Gasteiger partial charge in [-0.2, -0.15) is 0 Å². The molecule has 116 valence electrons. The third-order valence-corrected chi connectivity index (χ3v) is 3.04. The van der Waals surface area contributed by atoms with E-state index in [4.69, 9.17) is 9.84 Å². The van der Waals surface area contributed by atoms with Gasteiger partial charge in [0, 0.05) is 19.6 Å². The Morgan fingerprint density at radius 1 is 1.19 bits per heavy atom. The zero-order valence-corrected chi connectivity index (χ0v) is 12.5. The number of likely N-dealkylation sites (N-methyl/N-ethyl adjacent to an activating group) is 1. The number of hydrogen-bond donors (Lipinski definition) is 2. The van der Waals surface area contributed by atoms with Crippen LogP contribution in [0.3, 0.4) is 0 Å². The van der Waals surface area contributed by atoms with Crippen molar-refractivity contribution in [1.29, 1.82) is 0 Å². The van der Waals surface area contributed by atoms with Crippen molar-refractivity contribution in [3.8, 4) is 5.75 Å². The van der Waals surface area contributed by atoms with Gasteiger partial charge >= 0.3 is 5.97 Å². The van der Waals surface area contributed by atoms with E-state index in [1.807, 2.05) is 13.8 Å². The smallest absolute Gasteiger partial charge is 0.335 e. The molecule has 1 rings (SSSR count). The van der Waals surface area contributed by atoms with Crippen LogP contribution in [0, 0.1) is 0 Å². The third kappa shape index (κ3) is 5.83. The topological polar surface area (TPSA) is 78.9 Å². The number of nitrogens with zero attached hydrogens (tertiary/aromatic N) is 1. The number of aromatic carboxylic acids is 1. The van der Waals surface area contributed by atoms with E-state index in [9.17, 15) is 9.59 Å². The van der Waals surface area contributed by atoms with Crippen LogP contribution in [0.25, 0.3) is 0 Å². The van der Waals surface area contributed by atoms with Gasteiger partial charge in [0.1, 0.15) is 12.4 Å². The zero-order chi connectivity index (χ0) is 15.7. The molecule has 0 heterocycles. The number of hydrogen-bond acceptors (Lipinski definition) is 4. The lowest BCUT2D eigenvalue weighted by Gasteiger charge is -2.18. The molecule has 0 spiro atoms. The molecular weight excluding hydrogens is 272 g/mol. The van der Waals surface area contributed by atoms with Crippen LogP contribution in [0.1, 0.15) is 24.2 Å². The summed E-state index contributed by atoms with van der Waals surface area (Å²) in [6, 6.07) is 6.22. The Labute approximate surface area is 124 Å². The number of carbonyl (C=O) groups excluding carboxylic acids is 1. The van der Waals surface area contributed by atoms with Crippen molar-refractivity contribution in [1.82, 2.24) is 10.2 Å². The lowest BCUT2D eigenvalue weighted by Crippen LogP contribution is -2.39. The van der Waals surface area contributed by atoms with Gasteiger partial charge in [0.15, 0.2) is 0 Å². The largest absolute Gasteiger partial charge is 0.492 e. The summed E-state index contributed by atoms with van der Waals surface area (Å²) in [5, 5.41) is 11.8. The molecule has 6 heteroatoms. The summed E-state index contributed by atoms with van der Waals surface area (Å²) in [4.78, 5) is 24.2. The van der Waals surface area contributed by atoms with Gasteiger partial charge in [0.05, 0.1) is 12.1 Å². The van der Waals surface area contributed by atoms with Gasteiger partial charge in [-0.1, -0.05) is 0 Å². The Bertz CT molecular complexity index is 455. The van der Waals surface area contributed by atoms with Crippen molar-refractivity contribution in [3.63, 3.8) is 0 Å². The molecule has 0 unspecified atom stereocenters. The molecule has 0 aliphatic heterocycles. The van der Waals surface area contributed by atoms with Crippen LogP contribution < -0.4 is 10.1 Å². The predicted molar refractivity (Wildman–Crippen MR) is 79.7 cm³/mol. The van der Waals surface area contributed by atoms with Gasteiger partial charge in [-0.25, -0.2) is 4.79 Å². The Balaban J connectivity index is 2.22. The first-order chi connectivity index (χ1) is 10.1. The third-order valence-electron chi connectivity index (χ3n) is 3.04. The highest BCUT2D eigenvalue weighted by atomic mass is 16.5. The van der Waals surface area contributed by atoms with Crippen molar-refractivity contribution in [2.45, 2.75) is 13.8 Å². The Kier molecular flexibility index (Phi) is 7.25. The Morgan fingerprint density at radius 3 is 2.33 bits per heavy atom. The van der Waals surface area contributed by atoms with Gasteiger partial charge in [-0.3, -0.25) is 4.79 Å². The Morgan fingerprint density at radius 2 is 1.81 bits per heavy atom. The summed E-state index contributed by atoms with van der Waals surface area (Å²) in [6.45, 7) is 6.58. The molecule has 21 heavy (non-hydrogen) atoms. The van der Waals surface area contributed by atoms with E-state index in [2.05, 4.69) is 5.32 Å². The SMILES string of the molecule is CCN(CC)C(=O)CNCCOc1ccc(C(=O)O)cc1. The second kappa shape index (κ2) is 8.97. The van der Waals surface area contributed by atoms with Crippen molar-refractivity contribution in [3.05, 3.63) is 29.8 Å². The summed E-state index contributed by atoms with van der Waals surface area (Å²) in [6.07, 6.45) is 0. The molecule has 0 fully saturated rings. The summed E-state index contributed by atoms with van der Waals surface area (Å²) >= 11 is 0. The number of carboxylic acid groups (broad SMARTS) is 1. The average molecular weight is 294 g/mol. The van der Waals surface area contributed by atoms with Gasteiger partial charge in [-0.05, 0) is 38.1 Å². The van der Waals surface area contributed by atoms with Crippen molar-refractivity contribution in [2.24, 2.45) is 0 Å². The summed E-state index contributed by atoms with van der Waals surface area (Å²) in [5.74, 6) is -0.277. The van der Waals surface area contributed by atoms with E-state index in [1.54, 1.807) is 17.0 Å². The number of benzene rings is 1. The fraction of sp³-hybridized carbons (Fsp3) is 0.467. The van der Waals surface area contributed by atoms with Gasteiger partial charge in [0.2, 0.25) is 5.91 Å². The molecule has 2 N–H and O–H groups in total. The van der Waals surface area contributed by atoms with Crippen LogP contribution in [-0.4, -0.2) is 54.7 Å². The Hall–Kier alpha value is -2.08. The second-order valence-electron chi connectivity index (χ2n) is 4.42. The van der Waals surface area contributed by atoms with E-state index in [-0.39, 0.29) is 11.5 Å². The first-order valence-electron chi connectivity index (χ1n) is 7.03. The molecular formula is C15H22N2O4. The summed E-state index contributed by atoms with van der Waals surface area (Å²) in [5.41, 5.74) is 0.227. The maximum Gasteiger partial charge on any atom is 0.335 e. The minimum absolute atomic E-state index is 0.0748. The van der Waals surface area contributed by atoms with Crippen molar-refractivity contribution in [2.75, 3.05) is 32.8 Å². The molecule has 1 amide bonds. The first kappa shape index (κ1) is 17.0. The molecule has 6 nitrogen and oxygen atoms in total. The lowest BCUT2D eigenvalue weighted by molar-refractivity contribution is -0.129. The van der Waals surface area contributed by atoms with E-state index in [0.717, 1.165) is 0 Å². The maximum atomic E-state index is 11.7. The molecule has 0 aliphatic carbocycles. The van der Waals surface area contributed by atoms with Crippen LogP contribution in [0.4, 0.5) is 0 Å². The highest BCUT2D eigenvalue weighted by Gasteiger charge is 2.08. The number of rotatable bonds is 9. The van der Waals surface area contributed by atoms with E-state index in [0.29, 0.717) is 38.5 Å². The van der Waals surface area contributed by atoms with Crippen LogP contribution in [-0.2, 0) is 4.79 Å². The average Bonchev–Trinajstić information content (AvgIpc) is 2.48. The second-order valence-corrected chi connectivity index (χ2v) is 4.42. The van der Waals surface area contributed by atoms with Crippen LogP contribution in [0.5, 0.6) is 5.75 Å². The normalized spacial score (nSPS) is 10.2. The van der Waals surface area contributed by atoms with E-state index < -0.39 is 5.97 Å². The molecule has 0 saturated heterocycles. The molecule has 0 atom stereocenters. The molecule has 0 saturated carbocycles. The molecule has 0 bridgehead atoms. The maximum absolute atomic E-state index is 11.7. The summed E-state index contributed by atoms with van der Waals surface area (Å²) < 4.78 is 5.46. The lowest BCUT2D eigenvalue weighted by atomic mass is 10.2. The van der Waals surface area contributed by atoms with Crippen molar-refractivity contribution < 1.29 is 19.4 Å². The molecule has 0 aliphatic rings. The number of carboxylic acids is 1. The molecule has 0 radical (unpaired) electrons. The van der Waals surface area contributed by atoms with E-state index in [1.165, 1.54) is 12.1 Å². The number of nitrogens with one attached hydrogen (secondary N) is 1. The minimum Gasteiger partial charge on any atom is -0.492 e. The zero-order valence-electron chi connectivity index (χ0n) is 12.5. The van der Waals surface area contributed by atoms with Gasteiger partial charge in [0.25, 0.3) is 0 Å². The molecule has 1 aromatic rings. The van der Waals surface area contributed by atoms with E-state index >= 15 is 0 Å². The molecule has 1 aromatic carbocycles. The minimum atomic E-state index is -0.960. The predicted octanol–water partition coefficient (Wildman–Crippen LogP) is 1.22. The number of amides is 1.